The SMILES string of the molecule is Cc1c(C(C)NCC(C)(C)C)oc2ccccc12. The minimum absolute atomic E-state index is 0.247. The molecule has 0 fully saturated rings. The molecule has 0 amide bonds. The third-order valence-corrected chi connectivity index (χ3v) is 3.21. The van der Waals surface area contributed by atoms with Gasteiger partial charge in [-0.25, -0.2) is 0 Å². The lowest BCUT2D eigenvalue weighted by Gasteiger charge is -2.22. The van der Waals surface area contributed by atoms with Crippen LogP contribution in [-0.4, -0.2) is 6.54 Å². The molecule has 18 heavy (non-hydrogen) atoms. The Labute approximate surface area is 109 Å². The molecular weight excluding hydrogens is 222 g/mol. The van der Waals surface area contributed by atoms with Gasteiger partial charge in [-0.3, -0.25) is 0 Å². The van der Waals surface area contributed by atoms with Gasteiger partial charge in [-0.2, -0.15) is 0 Å². The molecule has 1 atom stereocenters. The molecule has 2 rings (SSSR count). The number of para-hydroxylation sites is 1. The predicted molar refractivity (Wildman–Crippen MR) is 76.8 cm³/mol. The number of hydrogen-bond acceptors (Lipinski definition) is 2. The average molecular weight is 245 g/mol. The summed E-state index contributed by atoms with van der Waals surface area (Å²) in [6.45, 7) is 12.0. The van der Waals surface area contributed by atoms with Crippen LogP contribution in [0.3, 0.4) is 0 Å². The van der Waals surface area contributed by atoms with Crippen LogP contribution in [0.2, 0.25) is 0 Å². The van der Waals surface area contributed by atoms with Crippen LogP contribution in [-0.2, 0) is 0 Å². The van der Waals surface area contributed by atoms with Crippen LogP contribution >= 0.6 is 0 Å². The van der Waals surface area contributed by atoms with Crippen LogP contribution in [0.25, 0.3) is 11.0 Å². The molecule has 1 N–H and O–H groups in total. The Morgan fingerprint density at radius 3 is 2.50 bits per heavy atom. The van der Waals surface area contributed by atoms with Gasteiger partial charge in [0.1, 0.15) is 11.3 Å². The van der Waals surface area contributed by atoms with Crippen molar-refractivity contribution >= 4 is 11.0 Å². The number of rotatable bonds is 3. The number of nitrogens with one attached hydrogen (secondary N) is 1. The van der Waals surface area contributed by atoms with E-state index in [-0.39, 0.29) is 11.5 Å². The van der Waals surface area contributed by atoms with Crippen molar-refractivity contribution in [2.75, 3.05) is 6.54 Å². The van der Waals surface area contributed by atoms with Crippen LogP contribution in [0, 0.1) is 12.3 Å². The molecule has 2 heteroatoms. The van der Waals surface area contributed by atoms with E-state index in [0.717, 1.165) is 17.9 Å². The first kappa shape index (κ1) is 13.2. The summed E-state index contributed by atoms with van der Waals surface area (Å²) in [5.41, 5.74) is 2.52. The van der Waals surface area contributed by atoms with Crippen LogP contribution in [0.5, 0.6) is 0 Å². The zero-order chi connectivity index (χ0) is 13.3. The molecule has 1 aromatic heterocycles. The van der Waals surface area contributed by atoms with Crippen molar-refractivity contribution in [1.82, 2.24) is 5.32 Å². The summed E-state index contributed by atoms with van der Waals surface area (Å²) < 4.78 is 5.96. The van der Waals surface area contributed by atoms with E-state index in [0.29, 0.717) is 0 Å². The van der Waals surface area contributed by atoms with Crippen molar-refractivity contribution in [2.45, 2.75) is 40.7 Å². The van der Waals surface area contributed by atoms with Crippen LogP contribution in [0.1, 0.15) is 45.1 Å². The molecule has 98 valence electrons. The summed E-state index contributed by atoms with van der Waals surface area (Å²) >= 11 is 0. The second-order valence-electron chi connectivity index (χ2n) is 6.25. The lowest BCUT2D eigenvalue weighted by atomic mass is 9.96. The number of fused-ring (bicyclic) bond motifs is 1. The predicted octanol–water partition coefficient (Wildman–Crippen LogP) is 4.44. The van der Waals surface area contributed by atoms with Crippen LogP contribution in [0.15, 0.2) is 28.7 Å². The largest absolute Gasteiger partial charge is 0.459 e. The van der Waals surface area contributed by atoms with E-state index in [1.165, 1.54) is 10.9 Å². The number of furan rings is 1. The Morgan fingerprint density at radius 1 is 1.22 bits per heavy atom. The molecular formula is C16H23NO. The first-order valence-corrected chi connectivity index (χ1v) is 6.60. The molecule has 2 nitrogen and oxygen atoms in total. The number of hydrogen-bond donors (Lipinski definition) is 1. The van der Waals surface area contributed by atoms with Crippen molar-refractivity contribution in [1.29, 1.82) is 0 Å². The Bertz CT molecular complexity index is 534. The van der Waals surface area contributed by atoms with E-state index < -0.39 is 0 Å². The molecule has 1 aromatic carbocycles. The third kappa shape index (κ3) is 2.75. The van der Waals surface area contributed by atoms with Gasteiger partial charge >= 0.3 is 0 Å². The molecule has 2 aromatic rings. The van der Waals surface area contributed by atoms with Crippen molar-refractivity contribution < 1.29 is 4.42 Å². The standard InChI is InChI=1S/C16H23NO/c1-11-13-8-6-7-9-14(13)18-15(11)12(2)17-10-16(3,4)5/h6-9,12,17H,10H2,1-5H3. The van der Waals surface area contributed by atoms with Crippen LogP contribution < -0.4 is 5.32 Å². The Morgan fingerprint density at radius 2 is 1.89 bits per heavy atom. The lowest BCUT2D eigenvalue weighted by molar-refractivity contribution is 0.341. The summed E-state index contributed by atoms with van der Waals surface area (Å²) in [5, 5.41) is 4.77. The highest BCUT2D eigenvalue weighted by Crippen LogP contribution is 2.29. The summed E-state index contributed by atoms with van der Waals surface area (Å²) in [5.74, 6) is 1.06. The maximum atomic E-state index is 5.96. The summed E-state index contributed by atoms with van der Waals surface area (Å²) in [6.07, 6.45) is 0. The molecule has 0 radical (unpaired) electrons. The van der Waals surface area contributed by atoms with Crippen molar-refractivity contribution in [2.24, 2.45) is 5.41 Å². The molecule has 0 saturated heterocycles. The molecule has 0 aliphatic heterocycles. The molecule has 0 aliphatic carbocycles. The highest BCUT2D eigenvalue weighted by Gasteiger charge is 2.18. The van der Waals surface area contributed by atoms with E-state index in [2.05, 4.69) is 52.1 Å². The fraction of sp³-hybridized carbons (Fsp3) is 0.500. The van der Waals surface area contributed by atoms with Gasteiger partial charge in [0.05, 0.1) is 6.04 Å². The Hall–Kier alpha value is -1.28. The quantitative estimate of drug-likeness (QED) is 0.865. The van der Waals surface area contributed by atoms with Crippen LogP contribution in [0.4, 0.5) is 0 Å². The third-order valence-electron chi connectivity index (χ3n) is 3.21. The Balaban J connectivity index is 2.23. The molecule has 0 bridgehead atoms. The monoisotopic (exact) mass is 245 g/mol. The number of aryl methyl sites for hydroxylation is 1. The topological polar surface area (TPSA) is 25.2 Å². The van der Waals surface area contributed by atoms with Gasteiger partial charge < -0.3 is 9.73 Å². The molecule has 1 unspecified atom stereocenters. The minimum atomic E-state index is 0.247. The maximum absolute atomic E-state index is 5.96. The minimum Gasteiger partial charge on any atom is -0.459 e. The van der Waals surface area contributed by atoms with Gasteiger partial charge in [0.25, 0.3) is 0 Å². The van der Waals surface area contributed by atoms with E-state index in [1.54, 1.807) is 0 Å². The van der Waals surface area contributed by atoms with Gasteiger partial charge in [0, 0.05) is 11.9 Å². The summed E-state index contributed by atoms with van der Waals surface area (Å²) in [4.78, 5) is 0. The normalized spacial score (nSPS) is 14.1. The van der Waals surface area contributed by atoms with Crippen molar-refractivity contribution in [3.8, 4) is 0 Å². The fourth-order valence-electron chi connectivity index (χ4n) is 2.16. The molecule has 1 heterocycles. The summed E-state index contributed by atoms with van der Waals surface area (Å²) in [7, 11) is 0. The zero-order valence-corrected chi connectivity index (χ0v) is 12.0. The van der Waals surface area contributed by atoms with Gasteiger partial charge in [-0.1, -0.05) is 39.0 Å². The lowest BCUT2D eigenvalue weighted by Crippen LogP contribution is -2.29. The van der Waals surface area contributed by atoms with Crippen molar-refractivity contribution in [3.63, 3.8) is 0 Å². The smallest absolute Gasteiger partial charge is 0.134 e. The van der Waals surface area contributed by atoms with Crippen molar-refractivity contribution in [3.05, 3.63) is 35.6 Å². The second-order valence-corrected chi connectivity index (χ2v) is 6.25. The maximum Gasteiger partial charge on any atom is 0.134 e. The number of benzene rings is 1. The zero-order valence-electron chi connectivity index (χ0n) is 12.0. The summed E-state index contributed by atoms with van der Waals surface area (Å²) in [6, 6.07) is 8.47. The van der Waals surface area contributed by atoms with E-state index in [9.17, 15) is 0 Å². The van der Waals surface area contributed by atoms with Gasteiger partial charge in [-0.15, -0.1) is 0 Å². The second kappa shape index (κ2) is 4.77. The van der Waals surface area contributed by atoms with Gasteiger partial charge in [-0.05, 0) is 30.9 Å². The fourth-order valence-corrected chi connectivity index (χ4v) is 2.16. The highest BCUT2D eigenvalue weighted by atomic mass is 16.3. The van der Waals surface area contributed by atoms with E-state index in [4.69, 9.17) is 4.42 Å². The molecule has 0 aliphatic rings. The first-order chi connectivity index (χ1) is 8.38. The molecule has 0 spiro atoms. The average Bonchev–Trinajstić information content (AvgIpc) is 2.64. The van der Waals surface area contributed by atoms with Gasteiger partial charge in [0.15, 0.2) is 0 Å². The highest BCUT2D eigenvalue weighted by molar-refractivity contribution is 5.82. The van der Waals surface area contributed by atoms with E-state index >= 15 is 0 Å². The first-order valence-electron chi connectivity index (χ1n) is 6.60. The molecule has 0 saturated carbocycles. The van der Waals surface area contributed by atoms with E-state index in [1.807, 2.05) is 12.1 Å². The Kier molecular flexibility index (Phi) is 3.49. The van der Waals surface area contributed by atoms with Gasteiger partial charge in [0.2, 0.25) is 0 Å².